The van der Waals surface area contributed by atoms with Crippen LogP contribution in [0.1, 0.15) is 111 Å². The molecule has 6 heteroatoms. The average Bonchev–Trinajstić information content (AvgIpc) is 3.04. The first kappa shape index (κ1) is 43.3. The molecule has 5 nitrogen and oxygen atoms in total. The first-order chi connectivity index (χ1) is 22.0. The van der Waals surface area contributed by atoms with Crippen molar-refractivity contribution in [3.63, 3.8) is 0 Å². The van der Waals surface area contributed by atoms with E-state index in [-0.39, 0.29) is 6.16 Å². The monoisotopic (exact) mass is 652 g/mol. The summed E-state index contributed by atoms with van der Waals surface area (Å²) in [6.07, 6.45) is 14.8. The quantitative estimate of drug-likeness (QED) is 0.158. The van der Waals surface area contributed by atoms with Gasteiger partial charge in [-0.05, 0) is 104 Å². The Morgan fingerprint density at radius 2 is 1.63 bits per heavy atom. The van der Waals surface area contributed by atoms with Crippen molar-refractivity contribution in [1.82, 2.24) is 0 Å². The number of unbranched alkanes of at least 4 members (excludes halogenated alkanes) is 2. The molecular weight excluding hydrogens is 587 g/mol. The van der Waals surface area contributed by atoms with Crippen molar-refractivity contribution >= 4 is 24.9 Å². The summed E-state index contributed by atoms with van der Waals surface area (Å²) in [5.74, 6) is 0.329. The van der Waals surface area contributed by atoms with Crippen LogP contribution in [0.3, 0.4) is 0 Å². The van der Waals surface area contributed by atoms with Gasteiger partial charge in [-0.2, -0.15) is 0 Å². The number of hydrogen-bond donors (Lipinski definition) is 3. The number of allylic oxidation sites excluding steroid dienone is 5. The lowest BCUT2D eigenvalue weighted by Gasteiger charge is -2.28. The van der Waals surface area contributed by atoms with Crippen molar-refractivity contribution < 1.29 is 14.4 Å². The van der Waals surface area contributed by atoms with Crippen LogP contribution in [0.5, 0.6) is 0 Å². The van der Waals surface area contributed by atoms with E-state index in [0.717, 1.165) is 32.4 Å². The molecule has 0 bridgehead atoms. The summed E-state index contributed by atoms with van der Waals surface area (Å²) in [6, 6.07) is 14.2. The third-order valence-corrected chi connectivity index (χ3v) is 8.77. The number of nitrogens with zero attached hydrogens (tertiary/aromatic N) is 1. The van der Waals surface area contributed by atoms with E-state index < -0.39 is 7.60 Å². The fourth-order valence-electron chi connectivity index (χ4n) is 5.41. The van der Waals surface area contributed by atoms with Gasteiger partial charge in [0, 0.05) is 30.9 Å². The lowest BCUT2D eigenvalue weighted by atomic mass is 9.78. The van der Waals surface area contributed by atoms with Crippen LogP contribution in [0, 0.1) is 5.92 Å². The number of anilines is 1. The number of rotatable bonds is 12. The Morgan fingerprint density at radius 3 is 2.11 bits per heavy atom. The van der Waals surface area contributed by atoms with Gasteiger partial charge in [-0.15, -0.1) is 0 Å². The topological polar surface area (TPSA) is 86.8 Å². The Kier molecular flexibility index (Phi) is 22.2. The van der Waals surface area contributed by atoms with Gasteiger partial charge in [0.25, 0.3) is 0 Å². The molecular formula is C40H65N2O3P. The summed E-state index contributed by atoms with van der Waals surface area (Å²) in [4.78, 5) is 19.0. The Morgan fingerprint density at radius 1 is 1.00 bits per heavy atom. The van der Waals surface area contributed by atoms with Crippen molar-refractivity contribution in [3.8, 4) is 0 Å². The second kappa shape index (κ2) is 23.6. The van der Waals surface area contributed by atoms with Gasteiger partial charge in [-0.25, -0.2) is 0 Å². The van der Waals surface area contributed by atoms with E-state index in [1.54, 1.807) is 0 Å². The molecule has 2 aromatic carbocycles. The molecule has 1 atom stereocenters. The standard InChI is InChI=1S/C32H41N.C4H11O3P.C3H8.CH5N/c1-8-13-15-25-16-18-30-26(20-25)21-27-22-28(33(11-4)12-5)17-19-31(27)32(30)29(10-3)24(7)23(6)14-9-2;1-2-3-4-8(5,6)7;1-3-2;1-2/h9-10,14-20,22,24H,2,8,11-13,21H2,1,3-7H3;2-4H2,1H3,(H2,5,6,7);3H2,1-2H3;2H2,1H3/b23-14?,25-15-,29-10+;;;. The largest absolute Gasteiger partial charge is 0.372 e. The van der Waals surface area contributed by atoms with Crippen LogP contribution in [0.2, 0.25) is 0 Å². The van der Waals surface area contributed by atoms with E-state index in [2.05, 4.69) is 127 Å². The zero-order valence-electron chi connectivity index (χ0n) is 30.7. The Hall–Kier alpha value is -2.69. The number of benzene rings is 2. The molecule has 0 aromatic heterocycles. The van der Waals surface area contributed by atoms with Gasteiger partial charge in [0.1, 0.15) is 0 Å². The predicted molar refractivity (Wildman–Crippen MR) is 205 cm³/mol. The van der Waals surface area contributed by atoms with E-state index in [4.69, 9.17) is 9.79 Å². The molecule has 2 aromatic rings. The average molecular weight is 653 g/mol. The minimum absolute atomic E-state index is 0.0312. The zero-order valence-corrected chi connectivity index (χ0v) is 31.6. The van der Waals surface area contributed by atoms with Gasteiger partial charge in [0.05, 0.1) is 0 Å². The normalized spacial score (nSPS) is 13.5. The third kappa shape index (κ3) is 14.0. The lowest BCUT2D eigenvalue weighted by molar-refractivity contribution is 0.371. The second-order valence-electron chi connectivity index (χ2n) is 11.5. The highest BCUT2D eigenvalue weighted by atomic mass is 31.2. The minimum atomic E-state index is -3.68. The molecule has 0 heterocycles. The number of nitrogens with two attached hydrogens (primary N) is 1. The van der Waals surface area contributed by atoms with Crippen LogP contribution in [0.4, 0.5) is 5.69 Å². The van der Waals surface area contributed by atoms with Crippen molar-refractivity contribution in [3.05, 3.63) is 99.5 Å². The molecule has 1 unspecified atom stereocenters. The van der Waals surface area contributed by atoms with Gasteiger partial charge in [-0.3, -0.25) is 4.57 Å². The fraction of sp³-hybridized carbons (Fsp3) is 0.500. The van der Waals surface area contributed by atoms with Gasteiger partial charge < -0.3 is 20.4 Å². The molecule has 3 rings (SSSR count). The molecule has 0 saturated heterocycles. The summed E-state index contributed by atoms with van der Waals surface area (Å²) in [5.41, 5.74) is 14.2. The second-order valence-corrected chi connectivity index (χ2v) is 13.3. The zero-order chi connectivity index (χ0) is 35.3. The van der Waals surface area contributed by atoms with Crippen LogP contribution in [0.25, 0.3) is 11.6 Å². The highest BCUT2D eigenvalue weighted by molar-refractivity contribution is 7.51. The smallest absolute Gasteiger partial charge is 0.325 e. The lowest BCUT2D eigenvalue weighted by Crippen LogP contribution is -2.26. The van der Waals surface area contributed by atoms with Gasteiger partial charge in [0.15, 0.2) is 0 Å². The Balaban J connectivity index is 0.00000133. The molecule has 258 valence electrons. The van der Waals surface area contributed by atoms with E-state index >= 15 is 0 Å². The van der Waals surface area contributed by atoms with Gasteiger partial charge in [0.2, 0.25) is 0 Å². The van der Waals surface area contributed by atoms with Crippen molar-refractivity contribution in [1.29, 1.82) is 0 Å². The van der Waals surface area contributed by atoms with E-state index in [1.165, 1.54) is 69.4 Å². The molecule has 46 heavy (non-hydrogen) atoms. The molecule has 1 aliphatic rings. The van der Waals surface area contributed by atoms with E-state index in [1.807, 2.05) is 13.0 Å². The fourth-order valence-corrected chi connectivity index (χ4v) is 6.14. The van der Waals surface area contributed by atoms with Crippen LogP contribution >= 0.6 is 7.60 Å². The first-order valence-corrected chi connectivity index (χ1v) is 19.1. The van der Waals surface area contributed by atoms with Crippen LogP contribution in [0.15, 0.2) is 72.4 Å². The van der Waals surface area contributed by atoms with Gasteiger partial charge >= 0.3 is 7.60 Å². The SMILES string of the molecule is C=CC=C(C)C(C)/C(=C\C)C1=c2cc/c(=C/CCC)cc2Cc2cc(N(CC)CC)ccc21.CCC.CCCCP(=O)(O)O.CN. The summed E-state index contributed by atoms with van der Waals surface area (Å²) in [6.45, 7) is 25.6. The Bertz CT molecular complexity index is 1410. The molecule has 0 fully saturated rings. The van der Waals surface area contributed by atoms with Crippen LogP contribution in [-0.4, -0.2) is 36.1 Å². The van der Waals surface area contributed by atoms with Crippen LogP contribution in [-0.2, 0) is 11.0 Å². The third-order valence-electron chi connectivity index (χ3n) is 7.87. The van der Waals surface area contributed by atoms with Crippen molar-refractivity contribution in [2.24, 2.45) is 11.7 Å². The molecule has 1 aliphatic carbocycles. The summed E-state index contributed by atoms with van der Waals surface area (Å²) < 4.78 is 10.1. The first-order valence-electron chi connectivity index (χ1n) is 17.3. The summed E-state index contributed by atoms with van der Waals surface area (Å²) in [7, 11) is -2.18. The van der Waals surface area contributed by atoms with Gasteiger partial charge in [-0.1, -0.05) is 115 Å². The van der Waals surface area contributed by atoms with E-state index in [0.29, 0.717) is 12.3 Å². The highest BCUT2D eigenvalue weighted by Gasteiger charge is 2.24. The molecule has 0 aliphatic heterocycles. The molecule has 4 N–H and O–H groups in total. The number of hydrogen-bond acceptors (Lipinski definition) is 3. The molecule has 0 amide bonds. The summed E-state index contributed by atoms with van der Waals surface area (Å²) in [5, 5.41) is 2.73. The maximum atomic E-state index is 10.1. The molecule has 0 saturated carbocycles. The minimum Gasteiger partial charge on any atom is -0.372 e. The summed E-state index contributed by atoms with van der Waals surface area (Å²) >= 11 is 0. The highest BCUT2D eigenvalue weighted by Crippen LogP contribution is 2.37. The van der Waals surface area contributed by atoms with Crippen molar-refractivity contribution in [2.45, 2.75) is 101 Å². The molecule has 0 spiro atoms. The maximum absolute atomic E-state index is 10.1. The van der Waals surface area contributed by atoms with Crippen LogP contribution < -0.4 is 21.1 Å². The number of fused-ring (bicyclic) bond motifs is 2. The predicted octanol–water partition coefficient (Wildman–Crippen LogP) is 8.89. The van der Waals surface area contributed by atoms with E-state index in [9.17, 15) is 4.57 Å². The maximum Gasteiger partial charge on any atom is 0.325 e. The van der Waals surface area contributed by atoms with Crippen molar-refractivity contribution in [2.75, 3.05) is 31.2 Å². The Labute approximate surface area is 281 Å². The molecule has 0 radical (unpaired) electrons.